The monoisotopic (exact) mass is 266 g/mol. The van der Waals surface area contributed by atoms with Crippen LogP contribution in [0, 0.1) is 17.6 Å². The van der Waals surface area contributed by atoms with Gasteiger partial charge in [-0.25, -0.2) is 8.78 Å². The summed E-state index contributed by atoms with van der Waals surface area (Å²) in [6.07, 6.45) is 7.64. The minimum absolute atomic E-state index is 0.00933. The van der Waals surface area contributed by atoms with E-state index in [0.717, 1.165) is 24.6 Å². The molecule has 0 N–H and O–H groups in total. The molecule has 0 heterocycles. The second kappa shape index (κ2) is 6.78. The summed E-state index contributed by atoms with van der Waals surface area (Å²) in [6, 6.07) is 3.28. The molecule has 0 atom stereocenters. The fraction of sp³-hybridized carbons (Fsp3) is 0.562. The van der Waals surface area contributed by atoms with E-state index in [-0.39, 0.29) is 17.8 Å². The summed E-state index contributed by atoms with van der Waals surface area (Å²) in [7, 11) is 0. The molecular weight excluding hydrogens is 246 g/mol. The predicted octanol–water partition coefficient (Wildman–Crippen LogP) is 4.44. The van der Waals surface area contributed by atoms with E-state index in [2.05, 4.69) is 0 Å². The van der Waals surface area contributed by atoms with Crippen LogP contribution in [0.3, 0.4) is 0 Å². The Kier molecular flexibility index (Phi) is 5.06. The highest BCUT2D eigenvalue weighted by Gasteiger charge is 2.16. The normalized spacial score (nSPS) is 16.5. The molecule has 0 spiro atoms. The smallest absolute Gasteiger partial charge is 0.137 e. The third kappa shape index (κ3) is 4.41. The van der Waals surface area contributed by atoms with Crippen molar-refractivity contribution in [3.05, 3.63) is 35.4 Å². The lowest BCUT2D eigenvalue weighted by Gasteiger charge is -2.20. The minimum Gasteiger partial charge on any atom is -0.299 e. The van der Waals surface area contributed by atoms with E-state index in [9.17, 15) is 13.6 Å². The van der Waals surface area contributed by atoms with E-state index >= 15 is 0 Å². The van der Waals surface area contributed by atoms with Crippen molar-refractivity contribution >= 4 is 5.78 Å². The molecule has 1 aromatic rings. The minimum atomic E-state index is -0.493. The molecule has 0 saturated heterocycles. The Morgan fingerprint density at radius 3 is 2.63 bits per heavy atom. The van der Waals surface area contributed by atoms with Crippen LogP contribution in [0.4, 0.5) is 8.78 Å². The molecule has 1 nitrogen and oxygen atoms in total. The molecule has 0 unspecified atom stereocenters. The molecular formula is C16H20F2O. The Balaban J connectivity index is 1.81. The van der Waals surface area contributed by atoms with Crippen LogP contribution in [-0.2, 0) is 11.2 Å². The first-order valence-corrected chi connectivity index (χ1v) is 7.11. The molecule has 1 saturated carbocycles. The van der Waals surface area contributed by atoms with Crippen molar-refractivity contribution in [3.63, 3.8) is 0 Å². The molecule has 0 amide bonds. The van der Waals surface area contributed by atoms with Crippen LogP contribution in [-0.4, -0.2) is 5.78 Å². The summed E-state index contributed by atoms with van der Waals surface area (Å²) < 4.78 is 26.4. The Hall–Kier alpha value is -1.25. The largest absolute Gasteiger partial charge is 0.299 e. The van der Waals surface area contributed by atoms with Crippen LogP contribution < -0.4 is 0 Å². The number of hydrogen-bond acceptors (Lipinski definition) is 1. The number of rotatable bonds is 5. The SMILES string of the molecule is O=C(CCC1CCCCC1)Cc1cc(F)ccc1F. The molecule has 0 bridgehead atoms. The maximum atomic E-state index is 13.4. The van der Waals surface area contributed by atoms with Gasteiger partial charge in [-0.2, -0.15) is 0 Å². The molecule has 1 aliphatic carbocycles. The van der Waals surface area contributed by atoms with Crippen molar-refractivity contribution in [1.29, 1.82) is 0 Å². The summed E-state index contributed by atoms with van der Waals surface area (Å²) in [5, 5.41) is 0. The van der Waals surface area contributed by atoms with Gasteiger partial charge in [0.25, 0.3) is 0 Å². The molecule has 3 heteroatoms. The standard InChI is InChI=1S/C16H20F2O/c17-14-7-9-16(18)13(10-14)11-15(19)8-6-12-4-2-1-3-5-12/h7,9-10,12H,1-6,8,11H2. The average molecular weight is 266 g/mol. The Morgan fingerprint density at radius 2 is 1.89 bits per heavy atom. The Labute approximate surface area is 113 Å². The predicted molar refractivity (Wildman–Crippen MR) is 70.9 cm³/mol. The summed E-state index contributed by atoms with van der Waals surface area (Å²) in [6.45, 7) is 0. The van der Waals surface area contributed by atoms with Crippen LogP contribution in [0.5, 0.6) is 0 Å². The number of hydrogen-bond donors (Lipinski definition) is 0. The van der Waals surface area contributed by atoms with E-state index in [4.69, 9.17) is 0 Å². The first-order chi connectivity index (χ1) is 9.15. The lowest BCUT2D eigenvalue weighted by Crippen LogP contribution is -2.11. The molecule has 1 aromatic carbocycles. The fourth-order valence-electron chi connectivity index (χ4n) is 2.82. The number of ketones is 1. The zero-order valence-electron chi connectivity index (χ0n) is 11.1. The first-order valence-electron chi connectivity index (χ1n) is 7.11. The van der Waals surface area contributed by atoms with E-state index in [1.165, 1.54) is 32.1 Å². The van der Waals surface area contributed by atoms with Crippen LogP contribution in [0.15, 0.2) is 18.2 Å². The molecule has 0 radical (unpaired) electrons. The molecule has 1 fully saturated rings. The Morgan fingerprint density at radius 1 is 1.16 bits per heavy atom. The van der Waals surface area contributed by atoms with Gasteiger partial charge in [0.15, 0.2) is 0 Å². The molecule has 0 aromatic heterocycles. The highest BCUT2D eigenvalue weighted by molar-refractivity contribution is 5.80. The number of halogens is 2. The van der Waals surface area contributed by atoms with Crippen LogP contribution >= 0.6 is 0 Å². The van der Waals surface area contributed by atoms with Crippen molar-refractivity contribution in [2.24, 2.45) is 5.92 Å². The van der Waals surface area contributed by atoms with Gasteiger partial charge in [-0.15, -0.1) is 0 Å². The van der Waals surface area contributed by atoms with Crippen LogP contribution in [0.25, 0.3) is 0 Å². The lowest BCUT2D eigenvalue weighted by atomic mass is 9.85. The van der Waals surface area contributed by atoms with Crippen molar-refractivity contribution < 1.29 is 13.6 Å². The maximum absolute atomic E-state index is 13.4. The molecule has 104 valence electrons. The van der Waals surface area contributed by atoms with Gasteiger partial charge in [-0.05, 0) is 36.1 Å². The van der Waals surface area contributed by atoms with Gasteiger partial charge in [0.1, 0.15) is 17.4 Å². The average Bonchev–Trinajstić information content (AvgIpc) is 2.42. The molecule has 0 aliphatic heterocycles. The van der Waals surface area contributed by atoms with Gasteiger partial charge in [0.2, 0.25) is 0 Å². The van der Waals surface area contributed by atoms with Gasteiger partial charge >= 0.3 is 0 Å². The maximum Gasteiger partial charge on any atom is 0.137 e. The number of carbonyl (C=O) groups is 1. The lowest BCUT2D eigenvalue weighted by molar-refractivity contribution is -0.118. The third-order valence-corrected chi connectivity index (χ3v) is 3.95. The van der Waals surface area contributed by atoms with Crippen molar-refractivity contribution in [1.82, 2.24) is 0 Å². The third-order valence-electron chi connectivity index (χ3n) is 3.95. The summed E-state index contributed by atoms with van der Waals surface area (Å²) in [5.74, 6) is -0.325. The highest BCUT2D eigenvalue weighted by Crippen LogP contribution is 2.27. The number of Topliss-reactive ketones (excluding diaryl/α,β-unsaturated/α-hetero) is 1. The highest BCUT2D eigenvalue weighted by atomic mass is 19.1. The van der Waals surface area contributed by atoms with E-state index in [1.807, 2.05) is 0 Å². The molecule has 2 rings (SSSR count). The van der Waals surface area contributed by atoms with Crippen LogP contribution in [0.2, 0.25) is 0 Å². The summed E-state index contributed by atoms with van der Waals surface area (Å²) >= 11 is 0. The zero-order chi connectivity index (χ0) is 13.7. The van der Waals surface area contributed by atoms with E-state index < -0.39 is 11.6 Å². The summed E-state index contributed by atoms with van der Waals surface area (Å²) in [4.78, 5) is 11.8. The van der Waals surface area contributed by atoms with Crippen molar-refractivity contribution in [2.45, 2.75) is 51.4 Å². The second-order valence-corrected chi connectivity index (χ2v) is 5.49. The summed E-state index contributed by atoms with van der Waals surface area (Å²) in [5.41, 5.74) is 0.175. The van der Waals surface area contributed by atoms with Crippen molar-refractivity contribution in [3.8, 4) is 0 Å². The zero-order valence-corrected chi connectivity index (χ0v) is 11.1. The van der Waals surface area contributed by atoms with Crippen LogP contribution in [0.1, 0.15) is 50.5 Å². The first kappa shape index (κ1) is 14.2. The van der Waals surface area contributed by atoms with Gasteiger partial charge in [-0.3, -0.25) is 4.79 Å². The van der Waals surface area contributed by atoms with Gasteiger partial charge in [0.05, 0.1) is 0 Å². The van der Waals surface area contributed by atoms with Gasteiger partial charge in [-0.1, -0.05) is 32.1 Å². The fourth-order valence-corrected chi connectivity index (χ4v) is 2.82. The number of benzene rings is 1. The number of carbonyl (C=O) groups excluding carboxylic acids is 1. The Bertz CT molecular complexity index is 436. The quantitative estimate of drug-likeness (QED) is 0.770. The second-order valence-electron chi connectivity index (χ2n) is 5.49. The topological polar surface area (TPSA) is 17.1 Å². The van der Waals surface area contributed by atoms with E-state index in [1.54, 1.807) is 0 Å². The van der Waals surface area contributed by atoms with Gasteiger partial charge in [0, 0.05) is 12.8 Å². The molecule has 19 heavy (non-hydrogen) atoms. The van der Waals surface area contributed by atoms with Crippen molar-refractivity contribution in [2.75, 3.05) is 0 Å². The van der Waals surface area contributed by atoms with Gasteiger partial charge < -0.3 is 0 Å². The molecule has 1 aliphatic rings. The van der Waals surface area contributed by atoms with E-state index in [0.29, 0.717) is 12.3 Å².